The summed E-state index contributed by atoms with van der Waals surface area (Å²) >= 11 is 6.05. The number of methoxy groups -OCH3 is 1. The molecule has 0 radical (unpaired) electrons. The first kappa shape index (κ1) is 11.7. The van der Waals surface area contributed by atoms with E-state index >= 15 is 0 Å². The van der Waals surface area contributed by atoms with Gasteiger partial charge in [-0.1, -0.05) is 17.7 Å². The van der Waals surface area contributed by atoms with E-state index < -0.39 is 0 Å². The van der Waals surface area contributed by atoms with Gasteiger partial charge in [0.15, 0.2) is 0 Å². The van der Waals surface area contributed by atoms with Crippen LogP contribution in [-0.2, 0) is 6.54 Å². The fourth-order valence-corrected chi connectivity index (χ4v) is 2.30. The minimum Gasteiger partial charge on any atom is -0.495 e. The number of aliphatic hydroxyl groups excluding tert-OH is 1. The number of aliphatic hydroxyl groups is 1. The molecule has 88 valence electrons. The predicted octanol–water partition coefficient (Wildman–Crippen LogP) is 1.92. The van der Waals surface area contributed by atoms with E-state index in [-0.39, 0.29) is 6.10 Å². The summed E-state index contributed by atoms with van der Waals surface area (Å²) in [6.45, 7) is 2.54. The highest BCUT2D eigenvalue weighted by atomic mass is 35.5. The molecule has 0 amide bonds. The monoisotopic (exact) mass is 241 g/mol. The summed E-state index contributed by atoms with van der Waals surface area (Å²) in [7, 11) is 1.61. The molecule has 1 aromatic carbocycles. The van der Waals surface area contributed by atoms with Gasteiger partial charge in [-0.05, 0) is 24.1 Å². The van der Waals surface area contributed by atoms with Gasteiger partial charge >= 0.3 is 0 Å². The van der Waals surface area contributed by atoms with Crippen molar-refractivity contribution in [2.45, 2.75) is 19.1 Å². The topological polar surface area (TPSA) is 32.7 Å². The second-order valence-corrected chi connectivity index (χ2v) is 4.55. The van der Waals surface area contributed by atoms with Gasteiger partial charge in [-0.3, -0.25) is 4.90 Å². The number of rotatable bonds is 3. The van der Waals surface area contributed by atoms with Gasteiger partial charge in [0.25, 0.3) is 0 Å². The van der Waals surface area contributed by atoms with Crippen molar-refractivity contribution >= 4 is 11.6 Å². The Balaban J connectivity index is 2.02. The van der Waals surface area contributed by atoms with Crippen molar-refractivity contribution in [3.63, 3.8) is 0 Å². The maximum absolute atomic E-state index is 9.43. The van der Waals surface area contributed by atoms with Gasteiger partial charge in [0.05, 0.1) is 18.2 Å². The van der Waals surface area contributed by atoms with Crippen LogP contribution in [0.15, 0.2) is 18.2 Å². The smallest absolute Gasteiger partial charge is 0.137 e. The molecule has 0 spiro atoms. The van der Waals surface area contributed by atoms with E-state index in [2.05, 4.69) is 4.90 Å². The van der Waals surface area contributed by atoms with Crippen LogP contribution in [0, 0.1) is 0 Å². The van der Waals surface area contributed by atoms with Crippen molar-refractivity contribution in [1.82, 2.24) is 4.90 Å². The highest BCUT2D eigenvalue weighted by Crippen LogP contribution is 2.26. The number of β-amino-alcohol motifs (C(OH)–C–C–N with tert-alkyl or cyclic N) is 1. The van der Waals surface area contributed by atoms with Gasteiger partial charge in [-0.25, -0.2) is 0 Å². The largest absolute Gasteiger partial charge is 0.495 e. The lowest BCUT2D eigenvalue weighted by Gasteiger charge is -2.15. The molecule has 4 heteroatoms. The normalized spacial score (nSPS) is 21.3. The third kappa shape index (κ3) is 2.67. The Morgan fingerprint density at radius 3 is 2.94 bits per heavy atom. The first-order chi connectivity index (χ1) is 7.69. The number of benzene rings is 1. The molecule has 16 heavy (non-hydrogen) atoms. The summed E-state index contributed by atoms with van der Waals surface area (Å²) in [6.07, 6.45) is 0.692. The van der Waals surface area contributed by atoms with Gasteiger partial charge in [0, 0.05) is 19.6 Å². The highest BCUT2D eigenvalue weighted by Gasteiger charge is 2.20. The van der Waals surface area contributed by atoms with E-state index in [1.54, 1.807) is 7.11 Å². The van der Waals surface area contributed by atoms with E-state index in [4.69, 9.17) is 16.3 Å². The fraction of sp³-hybridized carbons (Fsp3) is 0.500. The fourth-order valence-electron chi connectivity index (χ4n) is 2.02. The Kier molecular flexibility index (Phi) is 3.69. The molecule has 1 aromatic rings. The first-order valence-corrected chi connectivity index (χ1v) is 5.79. The van der Waals surface area contributed by atoms with Gasteiger partial charge in [-0.15, -0.1) is 0 Å². The molecule has 1 saturated heterocycles. The number of hydrogen-bond donors (Lipinski definition) is 1. The highest BCUT2D eigenvalue weighted by molar-refractivity contribution is 6.32. The van der Waals surface area contributed by atoms with Crippen molar-refractivity contribution in [1.29, 1.82) is 0 Å². The van der Waals surface area contributed by atoms with Crippen LogP contribution in [0.2, 0.25) is 5.02 Å². The van der Waals surface area contributed by atoms with E-state index in [0.29, 0.717) is 10.8 Å². The number of hydrogen-bond acceptors (Lipinski definition) is 3. The third-order valence-electron chi connectivity index (χ3n) is 2.87. The van der Waals surface area contributed by atoms with E-state index in [1.165, 1.54) is 0 Å². The molecule has 1 aliphatic heterocycles. The Hall–Kier alpha value is -0.770. The summed E-state index contributed by atoms with van der Waals surface area (Å²) in [5, 5.41) is 10.1. The average molecular weight is 242 g/mol. The van der Waals surface area contributed by atoms with Crippen LogP contribution in [-0.4, -0.2) is 36.3 Å². The van der Waals surface area contributed by atoms with Crippen LogP contribution in [0.25, 0.3) is 0 Å². The average Bonchev–Trinajstić information content (AvgIpc) is 2.64. The van der Waals surface area contributed by atoms with Gasteiger partial charge in [0.2, 0.25) is 0 Å². The van der Waals surface area contributed by atoms with E-state index in [1.807, 2.05) is 18.2 Å². The van der Waals surface area contributed by atoms with Crippen molar-refractivity contribution in [3.8, 4) is 5.75 Å². The van der Waals surface area contributed by atoms with Crippen LogP contribution in [0.3, 0.4) is 0 Å². The second-order valence-electron chi connectivity index (χ2n) is 4.15. The van der Waals surface area contributed by atoms with Crippen LogP contribution in [0.4, 0.5) is 0 Å². The molecular weight excluding hydrogens is 226 g/mol. The number of nitrogens with zero attached hydrogens (tertiary/aromatic N) is 1. The van der Waals surface area contributed by atoms with Gasteiger partial charge < -0.3 is 9.84 Å². The molecule has 1 N–H and O–H groups in total. The molecule has 2 rings (SSSR count). The Morgan fingerprint density at radius 1 is 1.56 bits per heavy atom. The Bertz CT molecular complexity index is 370. The van der Waals surface area contributed by atoms with Crippen molar-refractivity contribution < 1.29 is 9.84 Å². The van der Waals surface area contributed by atoms with Gasteiger partial charge in [-0.2, -0.15) is 0 Å². The first-order valence-electron chi connectivity index (χ1n) is 5.42. The zero-order valence-electron chi connectivity index (χ0n) is 9.32. The summed E-state index contributed by atoms with van der Waals surface area (Å²) in [5.41, 5.74) is 1.15. The molecule has 1 fully saturated rings. The lowest BCUT2D eigenvalue weighted by atomic mass is 10.2. The molecule has 0 bridgehead atoms. The van der Waals surface area contributed by atoms with Crippen LogP contribution in [0.1, 0.15) is 12.0 Å². The quantitative estimate of drug-likeness (QED) is 0.878. The molecule has 1 atom stereocenters. The number of likely N-dealkylation sites (tertiary alicyclic amines) is 1. The standard InChI is InChI=1S/C12H16ClNO2/c1-16-12-3-2-9(6-11(12)13)7-14-5-4-10(15)8-14/h2-3,6,10,15H,4-5,7-8H2,1H3/t10-/m0/s1. The number of halogens is 1. The van der Waals surface area contributed by atoms with Crippen molar-refractivity contribution in [3.05, 3.63) is 28.8 Å². The lowest BCUT2D eigenvalue weighted by molar-refractivity contribution is 0.175. The van der Waals surface area contributed by atoms with E-state index in [9.17, 15) is 5.11 Å². The summed E-state index contributed by atoms with van der Waals surface area (Å²) in [4.78, 5) is 2.23. The minimum atomic E-state index is -0.172. The maximum Gasteiger partial charge on any atom is 0.137 e. The molecular formula is C12H16ClNO2. The molecule has 0 unspecified atom stereocenters. The summed E-state index contributed by atoms with van der Waals surface area (Å²) in [6, 6.07) is 5.81. The maximum atomic E-state index is 9.43. The van der Waals surface area contributed by atoms with E-state index in [0.717, 1.165) is 31.6 Å². The molecule has 3 nitrogen and oxygen atoms in total. The minimum absolute atomic E-state index is 0.172. The zero-order valence-corrected chi connectivity index (χ0v) is 10.1. The summed E-state index contributed by atoms with van der Waals surface area (Å²) < 4.78 is 5.10. The van der Waals surface area contributed by atoms with Gasteiger partial charge in [0.1, 0.15) is 5.75 Å². The van der Waals surface area contributed by atoms with Crippen LogP contribution < -0.4 is 4.74 Å². The second kappa shape index (κ2) is 5.04. The Labute approximate surface area is 101 Å². The van der Waals surface area contributed by atoms with Crippen LogP contribution in [0.5, 0.6) is 5.75 Å². The summed E-state index contributed by atoms with van der Waals surface area (Å²) in [5.74, 6) is 0.701. The SMILES string of the molecule is COc1ccc(CN2CC[C@H](O)C2)cc1Cl. The molecule has 1 aliphatic rings. The molecule has 0 saturated carbocycles. The number of ether oxygens (including phenoxy) is 1. The molecule has 1 heterocycles. The third-order valence-corrected chi connectivity index (χ3v) is 3.17. The van der Waals surface area contributed by atoms with Crippen molar-refractivity contribution in [2.75, 3.05) is 20.2 Å². The Morgan fingerprint density at radius 2 is 2.38 bits per heavy atom. The van der Waals surface area contributed by atoms with Crippen molar-refractivity contribution in [2.24, 2.45) is 0 Å². The van der Waals surface area contributed by atoms with Crippen LogP contribution >= 0.6 is 11.6 Å². The molecule has 0 aliphatic carbocycles. The molecule has 0 aromatic heterocycles. The predicted molar refractivity (Wildman–Crippen MR) is 63.9 cm³/mol. The lowest BCUT2D eigenvalue weighted by Crippen LogP contribution is -2.21. The zero-order chi connectivity index (χ0) is 11.5.